The Morgan fingerprint density at radius 2 is 0.681 bits per heavy atom. The van der Waals surface area contributed by atoms with Crippen LogP contribution in [0.25, 0.3) is 33.5 Å². The maximum Gasteiger partial charge on any atom is 0.301 e. The minimum atomic E-state index is -3.02. The van der Waals surface area contributed by atoms with Gasteiger partial charge in [-0.05, 0) is 200 Å². The van der Waals surface area contributed by atoms with Gasteiger partial charge in [0.05, 0.1) is 84.0 Å². The predicted molar refractivity (Wildman–Crippen MR) is 549 cm³/mol. The molecule has 3 unspecified atom stereocenters. The zero-order chi connectivity index (χ0) is 104. The number of aliphatic hydroxyl groups is 1. The number of aryl methyl sites for hydroxylation is 3. The third-order valence-corrected chi connectivity index (χ3v) is 44.5. The minimum Gasteiger partial charge on any atom is -0.508 e. The van der Waals surface area contributed by atoms with Crippen molar-refractivity contribution in [1.29, 1.82) is 0 Å². The Morgan fingerprint density at radius 1 is 0.389 bits per heavy atom. The fourth-order valence-electron chi connectivity index (χ4n) is 19.4. The summed E-state index contributed by atoms with van der Waals surface area (Å²) >= 11 is 20.3. The van der Waals surface area contributed by atoms with Crippen LogP contribution in [0.1, 0.15) is 143 Å². The van der Waals surface area contributed by atoms with Crippen LogP contribution in [0.15, 0.2) is 54.6 Å². The van der Waals surface area contributed by atoms with E-state index in [1.807, 2.05) is 9.13 Å². The molecule has 3 aliphatic carbocycles. The first-order chi connectivity index (χ1) is 67.4. The summed E-state index contributed by atoms with van der Waals surface area (Å²) in [5.41, 5.74) is 9.19. The number of hydrogen-bond donors (Lipinski definition) is 2. The van der Waals surface area contributed by atoms with Crippen molar-refractivity contribution in [2.45, 2.75) is 350 Å². The quantitative estimate of drug-likeness (QED) is 0.0208. The smallest absolute Gasteiger partial charge is 0.301 e. The molecule has 9 aromatic rings. The molecule has 12 heterocycles. The van der Waals surface area contributed by atoms with Crippen LogP contribution in [0.2, 0.25) is 128 Å². The SMILES string of the molecule is CC(C)(C)[Si](C)(C)O[C@@H]1CO[C@H]2[C@@H]1OC[C@H]2Oc1nc2cc(Cl)c(CC3CCc4cc(O)cc(F)c43)nc2n1COCC[Si](C)(C)C.CC(F)(F)COc1cc(F)c2c(c1)CCC2Cc1nc2c(cc1Cl)nc(O[C@@H]1CO[C@H]3[C@@H]1OC[C@H]3O)n2COCC[Si](C)(C)C.CC(F)(F)COc1cc(F)c2c(c1)CCC2Cc1nc2c(cc1Cl)nc(O[C@@H]1CO[C@H]3[C@@H]1OC[C@H]3O[Si](C)(C)C(C)(C)C)n2COCC[Si](C)(C)C. The van der Waals surface area contributed by atoms with Gasteiger partial charge in [-0.1, -0.05) is 135 Å². The standard InChI is InChI=1S/C37H53ClF3N3O6Si2.C34H49ClFN3O6Si2.C31H39ClF3N3O6Si/c1-36(2,3)52(8,9)50-30-19-47-32-29(18-46-33(30)32)49-35-43-28-17-25(38)27(42-34(28)44(35)21-45-12-13-51(5,6)7)15-23-11-10-22-14-24(16-26(39)31(22)23)48-20-37(4,40)41;1-34(2,3)47(7,8)45-28-18-43-30-27(17-42-31(28)30)44-33-38-26-16-23(35)25(37-32(26)39(33)19-41-11-12-46(4,5)6)14-21-10-9-20-13-22(40)15-24(36)29(20)21;1-31(34,35)15-43-19-9-17-5-6-18(26(17)21(33)11-19)10-22-20(32)12-23-29(36-22)38(16-40-7-8-45(2,3)4)30(37-23)44-25-14-42-27-24(39)13-41-28(25)27/h14,16-17,23,29-30,32-33H,10-13,15,18-21H2,1-9H3;13,15-16,21,27-28,30-31,40H,9-12,14,17-19H2,1-8H3;9,11-12,18,24-25,27-28,39H,5-8,10,13-16H2,1-4H3/t23?,29-,30-,32-,33-;21?,27-,28-,30-,31-;18?,24-,25-,27-,28-/m111/s1. The molecule has 6 aliphatic heterocycles. The minimum absolute atomic E-state index is 0.0503. The van der Waals surface area contributed by atoms with Gasteiger partial charge in [-0.25, -0.2) is 45.7 Å². The van der Waals surface area contributed by atoms with Crippen molar-refractivity contribution < 1.29 is 116 Å². The largest absolute Gasteiger partial charge is 0.508 e. The number of aromatic nitrogens is 9. The molecular weight excluding hydrogens is 2020 g/mol. The van der Waals surface area contributed by atoms with E-state index < -0.39 is 108 Å². The highest BCUT2D eigenvalue weighted by Gasteiger charge is 2.56. The second-order valence-corrected chi connectivity index (χ2v) is 74.5. The molecule has 6 saturated heterocycles. The molecule has 6 fully saturated rings. The molecule has 792 valence electrons. The summed E-state index contributed by atoms with van der Waals surface area (Å²) in [6, 6.07) is 17.7. The Hall–Kier alpha value is -6.70. The van der Waals surface area contributed by atoms with Gasteiger partial charge < -0.3 is 85.4 Å². The van der Waals surface area contributed by atoms with Crippen molar-refractivity contribution >= 4 is 109 Å². The Balaban J connectivity index is 0.000000155. The highest BCUT2D eigenvalue weighted by Crippen LogP contribution is 2.49. The molecule has 144 heavy (non-hydrogen) atoms. The van der Waals surface area contributed by atoms with E-state index in [0.717, 1.165) is 55.1 Å². The van der Waals surface area contributed by atoms with Crippen LogP contribution < -0.4 is 23.7 Å². The summed E-state index contributed by atoms with van der Waals surface area (Å²) in [7, 11) is -8.05. The van der Waals surface area contributed by atoms with Crippen LogP contribution in [-0.2, 0) is 110 Å². The Morgan fingerprint density at radius 3 is 1.00 bits per heavy atom. The average Bonchev–Trinajstić information content (AvgIpc) is 1.61. The van der Waals surface area contributed by atoms with Crippen molar-refractivity contribution in [3.8, 4) is 35.3 Å². The van der Waals surface area contributed by atoms with E-state index in [2.05, 4.69) is 132 Å². The highest BCUT2D eigenvalue weighted by atomic mass is 35.5. The number of fused-ring (bicyclic) bond motifs is 9. The third kappa shape index (κ3) is 26.0. The highest BCUT2D eigenvalue weighted by molar-refractivity contribution is 6.77. The van der Waals surface area contributed by atoms with Crippen molar-refractivity contribution in [3.63, 3.8) is 0 Å². The maximum atomic E-state index is 15.5. The number of benzene rings is 3. The van der Waals surface area contributed by atoms with Gasteiger partial charge in [0, 0.05) is 76.1 Å². The topological polar surface area (TPSA) is 280 Å². The van der Waals surface area contributed by atoms with E-state index in [9.17, 15) is 32.2 Å². The van der Waals surface area contributed by atoms with E-state index in [1.54, 1.807) is 41.0 Å². The van der Waals surface area contributed by atoms with Crippen LogP contribution >= 0.6 is 34.8 Å². The Bertz CT molecular complexity index is 6070. The zero-order valence-corrected chi connectivity index (χ0v) is 93.7. The van der Waals surface area contributed by atoms with Gasteiger partial charge >= 0.3 is 18.0 Å². The van der Waals surface area contributed by atoms with Crippen molar-refractivity contribution in [1.82, 2.24) is 43.6 Å². The molecule has 3 aromatic carbocycles. The van der Waals surface area contributed by atoms with Crippen LogP contribution in [0, 0.1) is 17.5 Å². The molecule has 0 radical (unpaired) electrons. The second kappa shape index (κ2) is 43.6. The summed E-state index contributed by atoms with van der Waals surface area (Å²) in [6.45, 7) is 47.2. The summed E-state index contributed by atoms with van der Waals surface area (Å²) in [6.07, 6.45) is 0.932. The molecule has 9 aliphatic rings. The third-order valence-electron chi connectivity index (χ3n) is 29.4. The number of alkyl halides is 4. The van der Waals surface area contributed by atoms with Crippen LogP contribution in [0.3, 0.4) is 0 Å². The van der Waals surface area contributed by atoms with Crippen molar-refractivity contribution in [2.75, 3.05) is 72.7 Å². The number of phenols is 1. The molecule has 6 aromatic heterocycles. The fraction of sp³-hybridized carbons (Fsp3) is 0.647. The van der Waals surface area contributed by atoms with Crippen molar-refractivity contribution in [2.24, 2.45) is 0 Å². The number of hydrogen-bond acceptors (Lipinski definition) is 24. The van der Waals surface area contributed by atoms with Gasteiger partial charge in [0.1, 0.15) is 114 Å². The van der Waals surface area contributed by atoms with Gasteiger partial charge in [0.2, 0.25) is 0 Å². The molecule has 0 bridgehead atoms. The molecule has 0 spiro atoms. The molecule has 15 atom stereocenters. The van der Waals surface area contributed by atoms with E-state index >= 15 is 8.78 Å². The van der Waals surface area contributed by atoms with E-state index in [1.165, 1.54) is 18.2 Å². The zero-order valence-electron chi connectivity index (χ0n) is 86.5. The lowest BCUT2D eigenvalue weighted by molar-refractivity contribution is -0.0234. The van der Waals surface area contributed by atoms with Crippen LogP contribution in [0.4, 0.5) is 30.7 Å². The van der Waals surface area contributed by atoms with Crippen LogP contribution in [0.5, 0.6) is 35.3 Å². The van der Waals surface area contributed by atoms with Gasteiger partial charge in [-0.15, -0.1) is 0 Å². The number of ether oxygens (including phenoxy) is 14. The molecule has 27 nitrogen and oxygen atoms in total. The molecule has 42 heteroatoms. The van der Waals surface area contributed by atoms with Gasteiger partial charge in [-0.2, -0.15) is 15.0 Å². The first-order valence-electron chi connectivity index (χ1n) is 50.3. The Kier molecular flexibility index (Phi) is 33.3. The first kappa shape index (κ1) is 110. The lowest BCUT2D eigenvalue weighted by atomic mass is 9.95. The fourth-order valence-corrected chi connectivity index (χ4v) is 24.9. The number of pyridine rings is 3. The molecule has 18 rings (SSSR count). The molecular formula is C102H141Cl3F7N9O18Si5. The van der Waals surface area contributed by atoms with Gasteiger partial charge in [-0.3, -0.25) is 13.7 Å². The number of rotatable bonds is 37. The number of aliphatic hydroxyl groups excluding tert-OH is 1. The number of halogens is 10. The average molecular weight is 2160 g/mol. The Labute approximate surface area is 858 Å². The summed E-state index contributed by atoms with van der Waals surface area (Å²) < 4.78 is 203. The van der Waals surface area contributed by atoms with Crippen LogP contribution in [-0.4, -0.2) is 252 Å². The lowest BCUT2D eigenvalue weighted by Gasteiger charge is -2.39. The monoisotopic (exact) mass is 2160 g/mol. The summed E-state index contributed by atoms with van der Waals surface area (Å²) in [5.74, 6) is -7.76. The lowest BCUT2D eigenvalue weighted by Crippen LogP contribution is -2.47. The number of aromatic hydroxyl groups is 1. The summed E-state index contributed by atoms with van der Waals surface area (Å²) in [5, 5.41) is 21.5. The molecule has 0 saturated carbocycles. The van der Waals surface area contributed by atoms with E-state index in [-0.39, 0.29) is 133 Å². The number of nitrogens with zero attached hydrogens (tertiary/aromatic N) is 9. The van der Waals surface area contributed by atoms with Crippen molar-refractivity contribution in [3.05, 3.63) is 138 Å². The number of phenolic OH excluding ortho intramolecular Hbond substituents is 1. The normalized spacial score (nSPS) is 24.4. The number of imidazole rings is 3. The van der Waals surface area contributed by atoms with E-state index in [4.69, 9.17) is 135 Å². The second-order valence-electron chi connectivity index (χ2n) is 46.9. The summed E-state index contributed by atoms with van der Waals surface area (Å²) in [4.78, 5) is 29.2. The maximum absolute atomic E-state index is 15.5. The molecule has 2 N–H and O–H groups in total. The molecule has 0 amide bonds. The van der Waals surface area contributed by atoms with E-state index in [0.29, 0.717) is 192 Å². The predicted octanol–water partition coefficient (Wildman–Crippen LogP) is 22.0. The first-order valence-corrected chi connectivity index (χ1v) is 68.3. The van der Waals surface area contributed by atoms with Gasteiger partial charge in [0.25, 0.3) is 11.8 Å². The van der Waals surface area contributed by atoms with Gasteiger partial charge in [0.15, 0.2) is 65.1 Å².